The Morgan fingerprint density at radius 2 is 2.25 bits per heavy atom. The Morgan fingerprint density at radius 3 is 2.88 bits per heavy atom. The molecule has 1 aromatic carbocycles. The van der Waals surface area contributed by atoms with Crippen LogP contribution in [0.25, 0.3) is 0 Å². The first-order chi connectivity index (χ1) is 11.5. The molecule has 0 unspecified atom stereocenters. The monoisotopic (exact) mass is 472 g/mol. The van der Waals surface area contributed by atoms with Gasteiger partial charge in [0.15, 0.2) is 10.1 Å². The van der Waals surface area contributed by atoms with E-state index in [1.54, 1.807) is 6.92 Å². The lowest BCUT2D eigenvalue weighted by Crippen LogP contribution is -2.01. The molecule has 0 aliphatic heterocycles. The van der Waals surface area contributed by atoms with E-state index in [0.29, 0.717) is 15.2 Å². The lowest BCUT2D eigenvalue weighted by atomic mass is 10.2. The van der Waals surface area contributed by atoms with E-state index < -0.39 is 4.92 Å². The number of alkyl halides is 1. The summed E-state index contributed by atoms with van der Waals surface area (Å²) in [6.45, 7) is 2.54. The lowest BCUT2D eigenvalue weighted by Gasteiger charge is -2.00. The maximum atomic E-state index is 10.9. The number of hydrogen-bond donors (Lipinski definition) is 1. The Kier molecular flexibility index (Phi) is 6.36. The van der Waals surface area contributed by atoms with Crippen LogP contribution in [-0.4, -0.2) is 21.8 Å². The topological polar surface area (TPSA) is 117 Å². The number of benzene rings is 1. The van der Waals surface area contributed by atoms with Crippen molar-refractivity contribution >= 4 is 64.7 Å². The van der Waals surface area contributed by atoms with E-state index in [4.69, 9.17) is 0 Å². The number of anilines is 1. The summed E-state index contributed by atoms with van der Waals surface area (Å²) in [5.41, 5.74) is 0.829. The van der Waals surface area contributed by atoms with Gasteiger partial charge in [-0.3, -0.25) is 10.1 Å². The fourth-order valence-corrected chi connectivity index (χ4v) is 3.22. The van der Waals surface area contributed by atoms with Gasteiger partial charge in [-0.05, 0) is 22.9 Å². The van der Waals surface area contributed by atoms with Gasteiger partial charge < -0.3 is 5.32 Å². The molecule has 0 aliphatic carbocycles. The number of non-ortho nitro benzene ring substituents is 1. The average molecular weight is 474 g/mol. The first kappa shape index (κ1) is 18.4. The first-order valence-electron chi connectivity index (χ1n) is 6.53. The molecule has 11 heteroatoms. The zero-order valence-electron chi connectivity index (χ0n) is 12.3. The van der Waals surface area contributed by atoms with Crippen LogP contribution in [0, 0.1) is 28.4 Å². The molecule has 0 bridgehead atoms. The summed E-state index contributed by atoms with van der Waals surface area (Å²) >= 11 is 7.86. The Hall–Kier alpha value is -1.90. The van der Waals surface area contributed by atoms with Gasteiger partial charge in [-0.15, -0.1) is 10.2 Å². The zero-order chi connectivity index (χ0) is 17.7. The molecular weight excluding hydrogens is 464 g/mol. The number of thiazole rings is 1. The van der Waals surface area contributed by atoms with E-state index in [9.17, 15) is 15.4 Å². The molecule has 0 saturated carbocycles. The fraction of sp³-hybridized carbons (Fsp3) is 0.231. The van der Waals surface area contributed by atoms with Crippen molar-refractivity contribution in [1.29, 1.82) is 5.26 Å². The molecule has 0 radical (unpaired) electrons. The summed E-state index contributed by atoms with van der Waals surface area (Å²) in [6, 6.07) is 4.36. The molecule has 2 rings (SSSR count). The second-order valence-electron chi connectivity index (χ2n) is 4.42. The summed E-state index contributed by atoms with van der Waals surface area (Å²) in [6.07, 6.45) is 0. The third kappa shape index (κ3) is 4.34. The molecule has 2 aromatic rings. The smallest absolute Gasteiger partial charge is 0.272 e. The van der Waals surface area contributed by atoms with E-state index in [-0.39, 0.29) is 16.9 Å². The second kappa shape index (κ2) is 8.27. The van der Waals surface area contributed by atoms with E-state index in [1.165, 1.54) is 23.5 Å². The van der Waals surface area contributed by atoms with Crippen LogP contribution in [-0.2, 0) is 0 Å². The van der Waals surface area contributed by atoms with Crippen LogP contribution in [0.5, 0.6) is 0 Å². The number of nitriles is 1. The Balaban J connectivity index is 2.34. The van der Waals surface area contributed by atoms with Crippen LogP contribution in [0.2, 0.25) is 0 Å². The highest BCUT2D eigenvalue weighted by Gasteiger charge is 2.15. The number of rotatable bonds is 6. The number of hydrogen-bond acceptors (Lipinski definition) is 8. The molecule has 0 amide bonds. The molecule has 1 heterocycles. The normalized spacial score (nSPS) is 10.8. The van der Waals surface area contributed by atoms with E-state index in [2.05, 4.69) is 52.4 Å². The minimum absolute atomic E-state index is 0.0691. The first-order valence-corrected chi connectivity index (χ1v) is 9.26. The van der Waals surface area contributed by atoms with Gasteiger partial charge in [-0.25, -0.2) is 4.98 Å². The summed E-state index contributed by atoms with van der Waals surface area (Å²) in [5, 5.41) is 33.5. The molecule has 0 atom stereocenters. The zero-order valence-corrected chi connectivity index (χ0v) is 16.3. The number of nitro benzene ring substituents is 1. The van der Waals surface area contributed by atoms with Crippen LogP contribution in [0.4, 0.5) is 21.5 Å². The lowest BCUT2D eigenvalue weighted by molar-refractivity contribution is -0.384. The molecule has 24 heavy (non-hydrogen) atoms. The number of aromatic nitrogens is 1. The van der Waals surface area contributed by atoms with Gasteiger partial charge in [-0.1, -0.05) is 27.3 Å². The van der Waals surface area contributed by atoms with E-state index in [1.807, 2.05) is 6.07 Å². The third-order valence-electron chi connectivity index (χ3n) is 2.76. The predicted molar refractivity (Wildman–Crippen MR) is 98.8 cm³/mol. The standard InChI is InChI=1S/C13H10Br2N6O2S/c1-7-12(24-13(18-7)17-3-2-14)20-19-11-8(6-16)4-9(21(22)23)5-10(11)15/h4-5H,2-3H2,1H3,(H,17,18). The van der Waals surface area contributed by atoms with Gasteiger partial charge in [0.2, 0.25) is 0 Å². The Labute approximate surface area is 158 Å². The summed E-state index contributed by atoms with van der Waals surface area (Å²) in [5.74, 6) is 0. The average Bonchev–Trinajstić information content (AvgIpc) is 2.90. The number of azo groups is 1. The SMILES string of the molecule is Cc1nc(NCCBr)sc1N=Nc1c(Br)cc([N+](=O)[O-])cc1C#N. The van der Waals surface area contributed by atoms with Gasteiger partial charge in [0.05, 0.1) is 20.7 Å². The summed E-state index contributed by atoms with van der Waals surface area (Å²) in [4.78, 5) is 14.6. The van der Waals surface area contributed by atoms with Gasteiger partial charge in [-0.2, -0.15) is 5.26 Å². The number of aryl methyl sites for hydroxylation is 1. The highest BCUT2D eigenvalue weighted by Crippen LogP contribution is 2.37. The second-order valence-corrected chi connectivity index (χ2v) is 7.04. The number of halogens is 2. The van der Waals surface area contributed by atoms with Gasteiger partial charge in [0.1, 0.15) is 11.8 Å². The minimum Gasteiger partial charge on any atom is -0.361 e. The van der Waals surface area contributed by atoms with Crippen LogP contribution in [0.15, 0.2) is 26.8 Å². The highest BCUT2D eigenvalue weighted by atomic mass is 79.9. The number of nitrogens with zero attached hydrogens (tertiary/aromatic N) is 5. The van der Waals surface area contributed by atoms with E-state index >= 15 is 0 Å². The largest absolute Gasteiger partial charge is 0.361 e. The van der Waals surface area contributed by atoms with Crippen LogP contribution >= 0.6 is 43.2 Å². The molecular formula is C13H10Br2N6O2S. The minimum atomic E-state index is -0.568. The predicted octanol–water partition coefficient (Wildman–Crippen LogP) is 5.22. The number of nitro groups is 1. The van der Waals surface area contributed by atoms with Crippen molar-refractivity contribution in [1.82, 2.24) is 4.98 Å². The molecule has 0 spiro atoms. The molecule has 1 N–H and O–H groups in total. The van der Waals surface area contributed by atoms with Gasteiger partial charge in [0, 0.05) is 24.0 Å². The summed E-state index contributed by atoms with van der Waals surface area (Å²) in [7, 11) is 0. The molecule has 124 valence electrons. The quantitative estimate of drug-likeness (QED) is 0.267. The number of nitrogens with one attached hydrogen (secondary N) is 1. The highest BCUT2D eigenvalue weighted by molar-refractivity contribution is 9.10. The van der Waals surface area contributed by atoms with Crippen molar-refractivity contribution in [3.05, 3.63) is 38.0 Å². The molecule has 0 saturated heterocycles. The molecule has 1 aromatic heterocycles. The van der Waals surface area contributed by atoms with Gasteiger partial charge >= 0.3 is 0 Å². The maximum absolute atomic E-state index is 10.9. The van der Waals surface area contributed by atoms with Crippen LogP contribution in [0.1, 0.15) is 11.3 Å². The Morgan fingerprint density at radius 1 is 1.50 bits per heavy atom. The van der Waals surface area contributed by atoms with Crippen molar-refractivity contribution in [2.75, 3.05) is 17.2 Å². The summed E-state index contributed by atoms with van der Waals surface area (Å²) < 4.78 is 0.330. The third-order valence-corrected chi connectivity index (χ3v) is 4.76. The molecule has 0 fully saturated rings. The molecule has 0 aliphatic rings. The van der Waals surface area contributed by atoms with Crippen molar-refractivity contribution in [3.63, 3.8) is 0 Å². The van der Waals surface area contributed by atoms with Crippen LogP contribution < -0.4 is 5.32 Å². The van der Waals surface area contributed by atoms with Crippen molar-refractivity contribution in [2.45, 2.75) is 6.92 Å². The van der Waals surface area contributed by atoms with Crippen molar-refractivity contribution in [3.8, 4) is 6.07 Å². The van der Waals surface area contributed by atoms with Gasteiger partial charge in [0.25, 0.3) is 5.69 Å². The Bertz CT molecular complexity index is 846. The van der Waals surface area contributed by atoms with E-state index in [0.717, 1.165) is 17.0 Å². The van der Waals surface area contributed by atoms with Crippen molar-refractivity contribution < 1.29 is 4.92 Å². The molecule has 8 nitrogen and oxygen atoms in total. The fourth-order valence-electron chi connectivity index (χ4n) is 1.68. The van der Waals surface area contributed by atoms with Crippen LogP contribution in [0.3, 0.4) is 0 Å². The maximum Gasteiger partial charge on any atom is 0.272 e. The van der Waals surface area contributed by atoms with Crippen molar-refractivity contribution in [2.24, 2.45) is 10.2 Å².